The zero-order valence-corrected chi connectivity index (χ0v) is 20.4. The predicted molar refractivity (Wildman–Crippen MR) is 131 cm³/mol. The van der Waals surface area contributed by atoms with Crippen LogP contribution < -0.4 is 22.1 Å². The van der Waals surface area contributed by atoms with Crippen LogP contribution in [0.2, 0.25) is 0 Å². The normalized spacial score (nSPS) is 18.7. The zero-order valence-electron chi connectivity index (χ0n) is 20.4. The minimum absolute atomic E-state index is 0.0209. The summed E-state index contributed by atoms with van der Waals surface area (Å²) in [5.74, 6) is -2.97. The number of phenolic OH excluding ortho intramolecular Hbond substituents is 1. The van der Waals surface area contributed by atoms with Crippen LogP contribution in [0.1, 0.15) is 44.6 Å². The van der Waals surface area contributed by atoms with Gasteiger partial charge in [-0.3, -0.25) is 14.4 Å². The Morgan fingerprint density at radius 2 is 1.78 bits per heavy atom. The third-order valence-electron chi connectivity index (χ3n) is 6.21. The summed E-state index contributed by atoms with van der Waals surface area (Å²) < 4.78 is 0. The molecule has 1 fully saturated rings. The van der Waals surface area contributed by atoms with E-state index in [1.54, 1.807) is 12.1 Å². The Morgan fingerprint density at radius 3 is 2.36 bits per heavy atom. The maximum atomic E-state index is 13.1. The number of aliphatic hydroxyl groups excluding tert-OH is 1. The minimum atomic E-state index is -1.26. The monoisotopic (exact) mass is 507 g/mol. The summed E-state index contributed by atoms with van der Waals surface area (Å²) in [5.41, 5.74) is 11.9. The van der Waals surface area contributed by atoms with E-state index in [0.717, 1.165) is 0 Å². The van der Waals surface area contributed by atoms with Crippen molar-refractivity contribution in [3.63, 3.8) is 0 Å². The van der Waals surface area contributed by atoms with E-state index in [0.29, 0.717) is 44.3 Å². The first-order valence-electron chi connectivity index (χ1n) is 12.1. The van der Waals surface area contributed by atoms with Gasteiger partial charge in [0.1, 0.15) is 29.9 Å². The summed E-state index contributed by atoms with van der Waals surface area (Å²) in [5, 5.41) is 33.9. The smallest absolute Gasteiger partial charge is 0.326 e. The number of hydrogen-bond donors (Lipinski definition) is 7. The van der Waals surface area contributed by atoms with E-state index < -0.39 is 54.0 Å². The molecule has 0 bridgehead atoms. The molecule has 0 saturated carbocycles. The van der Waals surface area contributed by atoms with Crippen molar-refractivity contribution in [3.05, 3.63) is 29.8 Å². The number of phenols is 1. The molecule has 12 nitrogen and oxygen atoms in total. The number of hydrogen-bond acceptors (Lipinski definition) is 8. The average Bonchev–Trinajstić information content (AvgIpc) is 3.33. The molecule has 200 valence electrons. The number of unbranched alkanes of at least 4 members (excludes halogenated alkanes) is 1. The number of aliphatic carboxylic acids is 1. The quantitative estimate of drug-likeness (QED) is 0.160. The molecule has 0 spiro atoms. The van der Waals surface area contributed by atoms with Gasteiger partial charge in [0.2, 0.25) is 17.7 Å². The van der Waals surface area contributed by atoms with Crippen molar-refractivity contribution in [1.29, 1.82) is 0 Å². The van der Waals surface area contributed by atoms with Crippen LogP contribution in [0.5, 0.6) is 5.75 Å². The van der Waals surface area contributed by atoms with Gasteiger partial charge in [-0.25, -0.2) is 4.79 Å². The van der Waals surface area contributed by atoms with E-state index in [4.69, 9.17) is 11.5 Å². The zero-order chi connectivity index (χ0) is 26.8. The number of aromatic hydroxyl groups is 1. The Kier molecular flexibility index (Phi) is 11.1. The van der Waals surface area contributed by atoms with Crippen molar-refractivity contribution < 1.29 is 34.5 Å². The van der Waals surface area contributed by atoms with Gasteiger partial charge >= 0.3 is 5.97 Å². The summed E-state index contributed by atoms with van der Waals surface area (Å²) in [6, 6.07) is 1.65. The van der Waals surface area contributed by atoms with Crippen LogP contribution in [0, 0.1) is 0 Å². The summed E-state index contributed by atoms with van der Waals surface area (Å²) in [6.45, 7) is 2.08. The molecule has 0 radical (unpaired) electrons. The fraction of sp³-hybridized carbons (Fsp3) is 0.583. The minimum Gasteiger partial charge on any atom is -0.508 e. The van der Waals surface area contributed by atoms with Gasteiger partial charge < -0.3 is 42.3 Å². The van der Waals surface area contributed by atoms with Gasteiger partial charge in [-0.15, -0.1) is 0 Å². The van der Waals surface area contributed by atoms with Crippen molar-refractivity contribution in [3.8, 4) is 5.75 Å². The fourth-order valence-electron chi connectivity index (χ4n) is 4.07. The number of likely N-dealkylation sites (tertiary alicyclic amines) is 1. The number of carboxylic acids is 1. The highest BCUT2D eigenvalue weighted by Crippen LogP contribution is 2.19. The summed E-state index contributed by atoms with van der Waals surface area (Å²) in [7, 11) is 0. The number of nitrogens with zero attached hydrogens (tertiary/aromatic N) is 1. The molecule has 36 heavy (non-hydrogen) atoms. The molecule has 0 aromatic heterocycles. The van der Waals surface area contributed by atoms with Crippen LogP contribution in [-0.4, -0.2) is 87.3 Å². The van der Waals surface area contributed by atoms with E-state index in [-0.39, 0.29) is 18.6 Å². The number of nitrogens with one attached hydrogen (secondary N) is 2. The van der Waals surface area contributed by atoms with Crippen LogP contribution >= 0.6 is 0 Å². The molecule has 9 N–H and O–H groups in total. The molecule has 2 rings (SSSR count). The topological polar surface area (TPSA) is 208 Å². The molecule has 1 saturated heterocycles. The standard InChI is InChI=1S/C24H37N5O7/c1-14(30)20(26)23(34)29-12-4-6-19(29)22(33)27-17(5-2-3-11-25)21(32)28-18(24(35)36)13-15-7-9-16(31)10-8-15/h7-10,14,17-20,30-31H,2-6,11-13,25-26H2,1H3,(H,27,33)(H,28,32)(H,35,36). The molecule has 0 aliphatic carbocycles. The lowest BCUT2D eigenvalue weighted by Gasteiger charge is -2.29. The second-order valence-corrected chi connectivity index (χ2v) is 9.07. The average molecular weight is 508 g/mol. The van der Waals surface area contributed by atoms with E-state index in [1.165, 1.54) is 24.0 Å². The third-order valence-corrected chi connectivity index (χ3v) is 6.21. The first-order valence-corrected chi connectivity index (χ1v) is 12.1. The number of carbonyl (C=O) groups is 4. The molecule has 12 heteroatoms. The summed E-state index contributed by atoms with van der Waals surface area (Å²) in [6.07, 6.45) is 1.19. The Bertz CT molecular complexity index is 909. The fourth-order valence-corrected chi connectivity index (χ4v) is 4.07. The Hall–Kier alpha value is -3.22. The molecule has 1 aromatic rings. The molecule has 1 aliphatic heterocycles. The molecular weight excluding hydrogens is 470 g/mol. The van der Waals surface area contributed by atoms with Crippen molar-refractivity contribution in [2.45, 2.75) is 75.7 Å². The van der Waals surface area contributed by atoms with E-state index >= 15 is 0 Å². The van der Waals surface area contributed by atoms with Gasteiger partial charge in [0, 0.05) is 13.0 Å². The summed E-state index contributed by atoms with van der Waals surface area (Å²) >= 11 is 0. The Morgan fingerprint density at radius 1 is 1.11 bits per heavy atom. The van der Waals surface area contributed by atoms with Gasteiger partial charge in [0.05, 0.1) is 6.10 Å². The highest BCUT2D eigenvalue weighted by Gasteiger charge is 2.38. The Balaban J connectivity index is 2.12. The van der Waals surface area contributed by atoms with Crippen molar-refractivity contribution in [2.75, 3.05) is 13.1 Å². The largest absolute Gasteiger partial charge is 0.508 e. The molecule has 1 aromatic carbocycles. The number of amides is 3. The lowest BCUT2D eigenvalue weighted by molar-refractivity contribution is -0.143. The molecule has 3 amide bonds. The van der Waals surface area contributed by atoms with Gasteiger partial charge in [-0.2, -0.15) is 0 Å². The molecule has 1 heterocycles. The second kappa shape index (κ2) is 13.8. The van der Waals surface area contributed by atoms with E-state index in [1.807, 2.05) is 0 Å². The predicted octanol–water partition coefficient (Wildman–Crippen LogP) is -1.18. The van der Waals surface area contributed by atoms with Crippen LogP contribution in [0.15, 0.2) is 24.3 Å². The number of rotatable bonds is 13. The van der Waals surface area contributed by atoms with Crippen molar-refractivity contribution in [1.82, 2.24) is 15.5 Å². The summed E-state index contributed by atoms with van der Waals surface area (Å²) in [4.78, 5) is 51.9. The van der Waals surface area contributed by atoms with Crippen LogP contribution in [0.3, 0.4) is 0 Å². The van der Waals surface area contributed by atoms with Gasteiger partial charge in [-0.1, -0.05) is 12.1 Å². The van der Waals surface area contributed by atoms with E-state index in [2.05, 4.69) is 10.6 Å². The number of carboxylic acid groups (broad SMARTS) is 1. The first kappa shape index (κ1) is 29.0. The molecule has 5 unspecified atom stereocenters. The number of benzene rings is 1. The van der Waals surface area contributed by atoms with Crippen molar-refractivity contribution >= 4 is 23.7 Å². The van der Waals surface area contributed by atoms with Gasteiger partial charge in [0.15, 0.2) is 0 Å². The SMILES string of the molecule is CC(O)C(N)C(=O)N1CCCC1C(=O)NC(CCCCN)C(=O)NC(Cc1ccc(O)cc1)C(=O)O. The molecule has 5 atom stereocenters. The van der Waals surface area contributed by atoms with Crippen LogP contribution in [-0.2, 0) is 25.6 Å². The maximum Gasteiger partial charge on any atom is 0.326 e. The molecular formula is C24H37N5O7. The van der Waals surface area contributed by atoms with Crippen molar-refractivity contribution in [2.24, 2.45) is 11.5 Å². The van der Waals surface area contributed by atoms with Crippen LogP contribution in [0.25, 0.3) is 0 Å². The second-order valence-electron chi connectivity index (χ2n) is 9.07. The number of nitrogens with two attached hydrogens (primary N) is 2. The highest BCUT2D eigenvalue weighted by molar-refractivity contribution is 5.94. The van der Waals surface area contributed by atoms with Gasteiger partial charge in [0.25, 0.3) is 0 Å². The third kappa shape index (κ3) is 8.18. The number of carbonyl (C=O) groups excluding carboxylic acids is 3. The lowest BCUT2D eigenvalue weighted by atomic mass is 10.0. The Labute approximate surface area is 210 Å². The lowest BCUT2D eigenvalue weighted by Crippen LogP contribution is -2.57. The maximum absolute atomic E-state index is 13.1. The first-order chi connectivity index (χ1) is 17.0. The molecule has 1 aliphatic rings. The van der Waals surface area contributed by atoms with E-state index in [9.17, 15) is 34.5 Å². The van der Waals surface area contributed by atoms with Crippen LogP contribution in [0.4, 0.5) is 0 Å². The van der Waals surface area contributed by atoms with Gasteiger partial charge in [-0.05, 0) is 63.3 Å². The number of aliphatic hydroxyl groups is 1. The highest BCUT2D eigenvalue weighted by atomic mass is 16.4.